The number of nitrogens with zero attached hydrogens (tertiary/aromatic N) is 1. The molecule has 5 nitrogen and oxygen atoms in total. The summed E-state index contributed by atoms with van der Waals surface area (Å²) in [6, 6.07) is 18.2. The van der Waals surface area contributed by atoms with Crippen molar-refractivity contribution in [2.75, 3.05) is 0 Å². The third kappa shape index (κ3) is 4.10. The molecule has 1 aliphatic carbocycles. The Morgan fingerprint density at radius 1 is 1.19 bits per heavy atom. The van der Waals surface area contributed by atoms with Crippen LogP contribution in [0.25, 0.3) is 21.3 Å². The van der Waals surface area contributed by atoms with Crippen molar-refractivity contribution in [2.45, 2.75) is 42.6 Å². The molecular weight excluding hydrogens is 438 g/mol. The van der Waals surface area contributed by atoms with E-state index < -0.39 is 0 Å². The Labute approximate surface area is 194 Å². The molecule has 0 saturated carbocycles. The molecule has 0 spiro atoms. The summed E-state index contributed by atoms with van der Waals surface area (Å²) in [6.07, 6.45) is 3.07. The Morgan fingerprint density at radius 2 is 1.97 bits per heavy atom. The number of carbonyl (C=O) groups excluding carboxylic acids is 1. The number of aryl methyl sites for hydroxylation is 1. The minimum Gasteiger partial charge on any atom is -0.348 e. The van der Waals surface area contributed by atoms with E-state index >= 15 is 0 Å². The van der Waals surface area contributed by atoms with Gasteiger partial charge in [-0.25, -0.2) is 4.98 Å². The van der Waals surface area contributed by atoms with Crippen molar-refractivity contribution in [1.82, 2.24) is 15.3 Å². The van der Waals surface area contributed by atoms with Crippen LogP contribution in [0.2, 0.25) is 0 Å². The summed E-state index contributed by atoms with van der Waals surface area (Å²) in [5.74, 6) is -0.0457. The first-order chi connectivity index (χ1) is 15.6. The SMILES string of the molecule is CC(Sc1nc2scc(-c3ccccc3)c2c(=O)[nH]1)C(=O)NC1CCCc2ccccc21. The zero-order valence-corrected chi connectivity index (χ0v) is 19.3. The molecule has 0 saturated heterocycles. The number of amides is 1. The van der Waals surface area contributed by atoms with Crippen LogP contribution in [0.3, 0.4) is 0 Å². The second-order valence-corrected chi connectivity index (χ2v) is 10.2. The molecule has 32 heavy (non-hydrogen) atoms. The van der Waals surface area contributed by atoms with Gasteiger partial charge in [0.25, 0.3) is 5.56 Å². The third-order valence-electron chi connectivity index (χ3n) is 5.85. The number of aromatic nitrogens is 2. The molecule has 4 aromatic rings. The van der Waals surface area contributed by atoms with E-state index in [1.165, 1.54) is 34.2 Å². The van der Waals surface area contributed by atoms with Gasteiger partial charge in [-0.3, -0.25) is 9.59 Å². The molecule has 2 unspecified atom stereocenters. The highest BCUT2D eigenvalue weighted by molar-refractivity contribution is 8.00. The fourth-order valence-electron chi connectivity index (χ4n) is 4.23. The zero-order valence-electron chi connectivity index (χ0n) is 17.6. The van der Waals surface area contributed by atoms with Gasteiger partial charge in [0.2, 0.25) is 5.91 Å². The van der Waals surface area contributed by atoms with Crippen LogP contribution in [0.1, 0.15) is 36.9 Å². The first-order valence-electron chi connectivity index (χ1n) is 10.7. The van der Waals surface area contributed by atoms with Gasteiger partial charge < -0.3 is 10.3 Å². The average Bonchev–Trinajstić information content (AvgIpc) is 3.24. The van der Waals surface area contributed by atoms with Crippen LogP contribution < -0.4 is 10.9 Å². The molecule has 0 fully saturated rings. The van der Waals surface area contributed by atoms with Crippen LogP contribution in [-0.2, 0) is 11.2 Å². The highest BCUT2D eigenvalue weighted by atomic mass is 32.2. The minimum absolute atomic E-state index is 0.0377. The van der Waals surface area contributed by atoms with Gasteiger partial charge in [0.1, 0.15) is 4.83 Å². The molecule has 0 radical (unpaired) electrons. The van der Waals surface area contributed by atoms with Crippen molar-refractivity contribution in [3.63, 3.8) is 0 Å². The monoisotopic (exact) mass is 461 g/mol. The Hall–Kier alpha value is -2.90. The van der Waals surface area contributed by atoms with Gasteiger partial charge in [0, 0.05) is 10.9 Å². The smallest absolute Gasteiger partial charge is 0.260 e. The summed E-state index contributed by atoms with van der Waals surface area (Å²) in [6.45, 7) is 1.85. The number of carbonyl (C=O) groups is 1. The summed E-state index contributed by atoms with van der Waals surface area (Å²) >= 11 is 2.73. The van der Waals surface area contributed by atoms with Crippen LogP contribution >= 0.6 is 23.1 Å². The van der Waals surface area contributed by atoms with Crippen molar-refractivity contribution in [2.24, 2.45) is 0 Å². The number of thioether (sulfide) groups is 1. The lowest BCUT2D eigenvalue weighted by atomic mass is 9.88. The van der Waals surface area contributed by atoms with E-state index in [9.17, 15) is 9.59 Å². The molecular formula is C25H23N3O2S2. The largest absolute Gasteiger partial charge is 0.348 e. The number of benzene rings is 2. The van der Waals surface area contributed by atoms with Gasteiger partial charge in [0.15, 0.2) is 5.16 Å². The first-order valence-corrected chi connectivity index (χ1v) is 12.5. The van der Waals surface area contributed by atoms with Gasteiger partial charge in [-0.2, -0.15) is 0 Å². The van der Waals surface area contributed by atoms with E-state index in [0.29, 0.717) is 15.4 Å². The second kappa shape index (κ2) is 8.92. The van der Waals surface area contributed by atoms with Crippen molar-refractivity contribution in [3.05, 3.63) is 81.5 Å². The summed E-state index contributed by atoms with van der Waals surface area (Å²) < 4.78 is 0. The molecule has 0 aliphatic heterocycles. The standard InChI is InChI=1S/C25H23N3O2S2/c1-15(22(29)26-20-13-7-11-16-10-5-6-12-18(16)20)32-25-27-23(30)21-19(14-31-24(21)28-25)17-8-3-2-4-9-17/h2-6,8-10,12,14-15,20H,7,11,13H2,1H3,(H,26,29)(H,27,28,30). The molecule has 2 atom stereocenters. The maximum atomic E-state index is 12.9. The highest BCUT2D eigenvalue weighted by Crippen LogP contribution is 2.33. The molecule has 2 aromatic heterocycles. The van der Waals surface area contributed by atoms with Gasteiger partial charge in [0.05, 0.1) is 16.7 Å². The highest BCUT2D eigenvalue weighted by Gasteiger charge is 2.25. The van der Waals surface area contributed by atoms with E-state index in [1.54, 1.807) is 0 Å². The second-order valence-electron chi connectivity index (χ2n) is 7.98. The summed E-state index contributed by atoms with van der Waals surface area (Å²) in [5, 5.41) is 5.85. The van der Waals surface area contributed by atoms with Gasteiger partial charge in [-0.15, -0.1) is 11.3 Å². The Morgan fingerprint density at radius 3 is 2.81 bits per heavy atom. The van der Waals surface area contributed by atoms with E-state index in [4.69, 9.17) is 0 Å². The topological polar surface area (TPSA) is 74.8 Å². The van der Waals surface area contributed by atoms with E-state index in [0.717, 1.165) is 30.4 Å². The lowest BCUT2D eigenvalue weighted by molar-refractivity contribution is -0.121. The molecule has 0 bridgehead atoms. The van der Waals surface area contributed by atoms with Crippen LogP contribution in [0.15, 0.2) is 69.9 Å². The fraction of sp³-hybridized carbons (Fsp3) is 0.240. The van der Waals surface area contributed by atoms with Crippen LogP contribution in [0.5, 0.6) is 0 Å². The van der Waals surface area contributed by atoms with Crippen molar-refractivity contribution in [3.8, 4) is 11.1 Å². The van der Waals surface area contributed by atoms with Gasteiger partial charge >= 0.3 is 0 Å². The number of rotatable bonds is 5. The molecule has 5 rings (SSSR count). The number of aromatic amines is 1. The summed E-state index contributed by atoms with van der Waals surface area (Å²) in [5.41, 5.74) is 4.23. The number of thiophene rings is 1. The normalized spacial score (nSPS) is 16.5. The van der Waals surface area contributed by atoms with E-state index in [1.807, 2.05) is 54.8 Å². The molecule has 1 aliphatic rings. The Bertz CT molecular complexity index is 1330. The molecule has 1 amide bonds. The number of hydrogen-bond acceptors (Lipinski definition) is 5. The molecule has 162 valence electrons. The lowest BCUT2D eigenvalue weighted by Gasteiger charge is -2.27. The summed E-state index contributed by atoms with van der Waals surface area (Å²) in [4.78, 5) is 34.0. The zero-order chi connectivity index (χ0) is 22.1. The summed E-state index contributed by atoms with van der Waals surface area (Å²) in [7, 11) is 0. The van der Waals surface area contributed by atoms with Crippen molar-refractivity contribution in [1.29, 1.82) is 0 Å². The van der Waals surface area contributed by atoms with Crippen LogP contribution in [0, 0.1) is 0 Å². The Balaban J connectivity index is 1.33. The van der Waals surface area contributed by atoms with E-state index in [-0.39, 0.29) is 22.8 Å². The number of fused-ring (bicyclic) bond motifs is 2. The Kier molecular flexibility index (Phi) is 5.85. The van der Waals surface area contributed by atoms with Crippen LogP contribution in [0.4, 0.5) is 0 Å². The predicted molar refractivity (Wildman–Crippen MR) is 131 cm³/mol. The molecule has 2 heterocycles. The van der Waals surface area contributed by atoms with Crippen molar-refractivity contribution < 1.29 is 4.79 Å². The molecule has 7 heteroatoms. The minimum atomic E-state index is -0.377. The average molecular weight is 462 g/mol. The maximum Gasteiger partial charge on any atom is 0.260 e. The number of nitrogens with one attached hydrogen (secondary N) is 2. The number of hydrogen-bond donors (Lipinski definition) is 2. The quantitative estimate of drug-likeness (QED) is 0.311. The molecule has 2 N–H and O–H groups in total. The van der Waals surface area contributed by atoms with Gasteiger partial charge in [-0.1, -0.05) is 66.4 Å². The predicted octanol–water partition coefficient (Wildman–Crippen LogP) is 5.33. The number of H-pyrrole nitrogens is 1. The van der Waals surface area contributed by atoms with Gasteiger partial charge in [-0.05, 0) is 42.9 Å². The third-order valence-corrected chi connectivity index (χ3v) is 7.71. The van der Waals surface area contributed by atoms with Crippen molar-refractivity contribution >= 4 is 39.2 Å². The van der Waals surface area contributed by atoms with Crippen LogP contribution in [-0.4, -0.2) is 21.1 Å². The van der Waals surface area contributed by atoms with E-state index in [2.05, 4.69) is 27.4 Å². The lowest BCUT2D eigenvalue weighted by Crippen LogP contribution is -2.36. The maximum absolute atomic E-state index is 12.9. The molecule has 2 aromatic carbocycles. The fourth-order valence-corrected chi connectivity index (χ4v) is 6.04. The first kappa shape index (κ1) is 21.0.